The first-order chi connectivity index (χ1) is 17.2. The normalized spacial score (nSPS) is 26.1. The van der Waals surface area contributed by atoms with Gasteiger partial charge in [-0.15, -0.1) is 0 Å². The van der Waals surface area contributed by atoms with E-state index in [9.17, 15) is 21.6 Å². The molecule has 2 aliphatic heterocycles. The highest BCUT2D eigenvalue weighted by Gasteiger charge is 2.43. The lowest BCUT2D eigenvalue weighted by atomic mass is 9.85. The Labute approximate surface area is 209 Å². The number of nitrogens with zero attached hydrogens (tertiary/aromatic N) is 3. The van der Waals surface area contributed by atoms with E-state index < -0.39 is 34.4 Å². The van der Waals surface area contributed by atoms with Gasteiger partial charge in [0, 0.05) is 36.5 Å². The predicted octanol–water partition coefficient (Wildman–Crippen LogP) is 5.05. The second kappa shape index (κ2) is 10.4. The summed E-state index contributed by atoms with van der Waals surface area (Å²) in [5.41, 5.74) is 0.755. The van der Waals surface area contributed by atoms with Gasteiger partial charge in [-0.05, 0) is 50.5 Å². The Bertz CT molecular complexity index is 1110. The van der Waals surface area contributed by atoms with Crippen molar-refractivity contribution in [3.8, 4) is 0 Å². The molecule has 3 atom stereocenters. The Morgan fingerprint density at radius 1 is 1.06 bits per heavy atom. The van der Waals surface area contributed by atoms with Crippen LogP contribution in [0.25, 0.3) is 0 Å². The molecule has 1 aromatic heterocycles. The first-order valence-electron chi connectivity index (χ1n) is 12.9. The predicted molar refractivity (Wildman–Crippen MR) is 128 cm³/mol. The number of alkyl halides is 3. The van der Waals surface area contributed by atoms with Crippen LogP contribution in [0.3, 0.4) is 0 Å². The lowest BCUT2D eigenvalue weighted by Crippen LogP contribution is -2.44. The van der Waals surface area contributed by atoms with Crippen molar-refractivity contribution in [2.24, 2.45) is 0 Å². The zero-order valence-corrected chi connectivity index (χ0v) is 21.0. The number of halogens is 3. The summed E-state index contributed by atoms with van der Waals surface area (Å²) in [6.07, 6.45) is 2.08. The molecule has 1 saturated carbocycles. The zero-order valence-electron chi connectivity index (χ0n) is 20.2. The van der Waals surface area contributed by atoms with Crippen LogP contribution in [0.4, 0.5) is 13.2 Å². The molecule has 5 rings (SSSR count). The summed E-state index contributed by atoms with van der Waals surface area (Å²) in [5, 5.41) is 4.29. The average molecular weight is 527 g/mol. The Kier molecular flexibility index (Phi) is 7.42. The van der Waals surface area contributed by atoms with E-state index in [1.54, 1.807) is 0 Å². The van der Waals surface area contributed by atoms with Crippen LogP contribution in [0, 0.1) is 0 Å². The minimum Gasteiger partial charge on any atom is -0.339 e. The summed E-state index contributed by atoms with van der Waals surface area (Å²) in [7, 11) is -4.09. The van der Waals surface area contributed by atoms with Gasteiger partial charge in [-0.3, -0.25) is 4.90 Å². The number of hydrogen-bond donors (Lipinski definition) is 1. The molecule has 0 radical (unpaired) electrons. The SMILES string of the molecule is O=S(=O)(CCC(F)(F)F)N[C@@H](CCN1[C@H]2CC[C@H]1CC(c1noc(C3CCC3)n1)C2)c1ccccc1. The van der Waals surface area contributed by atoms with Gasteiger partial charge < -0.3 is 4.52 Å². The quantitative estimate of drug-likeness (QED) is 0.466. The number of rotatable bonds is 10. The summed E-state index contributed by atoms with van der Waals surface area (Å²) in [5.74, 6) is 1.30. The summed E-state index contributed by atoms with van der Waals surface area (Å²) in [6, 6.07) is 9.22. The molecule has 3 aliphatic rings. The van der Waals surface area contributed by atoms with E-state index in [1.807, 2.05) is 30.3 Å². The van der Waals surface area contributed by atoms with Crippen LogP contribution >= 0.6 is 0 Å². The molecular formula is C25H33F3N4O3S. The van der Waals surface area contributed by atoms with E-state index >= 15 is 0 Å². The van der Waals surface area contributed by atoms with Gasteiger partial charge in [-0.2, -0.15) is 18.2 Å². The molecule has 0 unspecified atom stereocenters. The topological polar surface area (TPSA) is 88.3 Å². The molecule has 36 heavy (non-hydrogen) atoms. The van der Waals surface area contributed by atoms with E-state index in [0.29, 0.717) is 31.0 Å². The molecule has 7 nitrogen and oxygen atoms in total. The lowest BCUT2D eigenvalue weighted by Gasteiger charge is -2.38. The fraction of sp³-hybridized carbons (Fsp3) is 0.680. The largest absolute Gasteiger partial charge is 0.390 e. The molecule has 198 valence electrons. The second-order valence-electron chi connectivity index (χ2n) is 10.5. The van der Waals surface area contributed by atoms with Gasteiger partial charge in [0.2, 0.25) is 15.9 Å². The maximum Gasteiger partial charge on any atom is 0.390 e. The molecule has 0 spiro atoms. The minimum atomic E-state index is -4.52. The molecular weight excluding hydrogens is 493 g/mol. The van der Waals surface area contributed by atoms with E-state index in [0.717, 1.165) is 55.8 Å². The van der Waals surface area contributed by atoms with Crippen molar-refractivity contribution in [2.75, 3.05) is 12.3 Å². The van der Waals surface area contributed by atoms with Gasteiger partial charge in [0.05, 0.1) is 12.2 Å². The molecule has 3 fully saturated rings. The number of sulfonamides is 1. The third-order valence-corrected chi connectivity index (χ3v) is 9.40. The lowest BCUT2D eigenvalue weighted by molar-refractivity contribution is -0.130. The van der Waals surface area contributed by atoms with E-state index in [1.165, 1.54) is 6.42 Å². The monoisotopic (exact) mass is 526 g/mol. The third kappa shape index (κ3) is 6.11. The van der Waals surface area contributed by atoms with Gasteiger partial charge in [-0.1, -0.05) is 41.9 Å². The summed E-state index contributed by atoms with van der Waals surface area (Å²) in [4.78, 5) is 7.16. The smallest absolute Gasteiger partial charge is 0.339 e. The molecule has 3 heterocycles. The van der Waals surface area contributed by atoms with Crippen LogP contribution in [0.5, 0.6) is 0 Å². The fourth-order valence-corrected chi connectivity index (χ4v) is 7.17. The standard InChI is InChI=1S/C25H33F3N4O3S/c26-25(27,28)12-14-36(33,34)31-22(17-5-2-1-3-6-17)11-13-32-20-9-10-21(32)16-19(15-20)23-29-24(35-30-23)18-7-4-8-18/h1-3,5-6,18-22,31H,4,7-16H2/t20-,21-,22-/m0/s1. The van der Waals surface area contributed by atoms with Crippen LogP contribution in [-0.2, 0) is 10.0 Å². The first kappa shape index (κ1) is 25.7. The van der Waals surface area contributed by atoms with Crippen molar-refractivity contribution >= 4 is 10.0 Å². The highest BCUT2D eigenvalue weighted by Crippen LogP contribution is 2.43. The molecule has 1 aromatic carbocycles. The Balaban J connectivity index is 1.22. The minimum absolute atomic E-state index is 0.266. The van der Waals surface area contributed by atoms with E-state index in [2.05, 4.69) is 14.8 Å². The Morgan fingerprint density at radius 3 is 2.36 bits per heavy atom. The van der Waals surface area contributed by atoms with Crippen LogP contribution in [-0.4, -0.2) is 54.0 Å². The van der Waals surface area contributed by atoms with Gasteiger partial charge >= 0.3 is 6.18 Å². The fourth-order valence-electron chi connectivity index (χ4n) is 5.87. The molecule has 2 bridgehead atoms. The van der Waals surface area contributed by atoms with Crippen LogP contribution in [0.1, 0.15) is 92.9 Å². The number of benzene rings is 1. The second-order valence-corrected chi connectivity index (χ2v) is 12.3. The van der Waals surface area contributed by atoms with Crippen molar-refractivity contribution in [2.45, 2.75) is 93.9 Å². The highest BCUT2D eigenvalue weighted by molar-refractivity contribution is 7.89. The van der Waals surface area contributed by atoms with Crippen molar-refractivity contribution < 1.29 is 26.1 Å². The van der Waals surface area contributed by atoms with Crippen molar-refractivity contribution in [3.63, 3.8) is 0 Å². The Morgan fingerprint density at radius 2 is 1.75 bits per heavy atom. The van der Waals surface area contributed by atoms with Crippen LogP contribution in [0.15, 0.2) is 34.9 Å². The molecule has 2 saturated heterocycles. The number of nitrogens with one attached hydrogen (secondary N) is 1. The molecule has 1 aliphatic carbocycles. The van der Waals surface area contributed by atoms with Gasteiger partial charge in [0.1, 0.15) is 0 Å². The van der Waals surface area contributed by atoms with E-state index in [4.69, 9.17) is 9.51 Å². The summed E-state index contributed by atoms with van der Waals surface area (Å²) < 4.78 is 70.9. The van der Waals surface area contributed by atoms with Crippen molar-refractivity contribution in [3.05, 3.63) is 47.6 Å². The van der Waals surface area contributed by atoms with Crippen LogP contribution < -0.4 is 4.72 Å². The number of hydrogen-bond acceptors (Lipinski definition) is 6. The third-order valence-electron chi connectivity index (χ3n) is 8.02. The molecule has 2 aromatic rings. The number of piperidine rings is 1. The van der Waals surface area contributed by atoms with Crippen molar-refractivity contribution in [1.29, 1.82) is 0 Å². The zero-order chi connectivity index (χ0) is 25.3. The summed E-state index contributed by atoms with van der Waals surface area (Å²) in [6.45, 7) is 0.670. The molecule has 0 amide bonds. The average Bonchev–Trinajstić information content (AvgIpc) is 3.36. The highest BCUT2D eigenvalue weighted by atomic mass is 32.2. The van der Waals surface area contributed by atoms with E-state index in [-0.39, 0.29) is 5.92 Å². The molecule has 11 heteroatoms. The first-order valence-corrected chi connectivity index (χ1v) is 14.5. The Hall–Kier alpha value is -1.98. The maximum atomic E-state index is 12.6. The maximum absolute atomic E-state index is 12.6. The number of aromatic nitrogens is 2. The van der Waals surface area contributed by atoms with Gasteiger partial charge in [0.15, 0.2) is 5.82 Å². The number of fused-ring (bicyclic) bond motifs is 2. The molecule has 1 N–H and O–H groups in total. The van der Waals surface area contributed by atoms with Crippen LogP contribution in [0.2, 0.25) is 0 Å². The van der Waals surface area contributed by atoms with Gasteiger partial charge in [0.25, 0.3) is 0 Å². The van der Waals surface area contributed by atoms with Gasteiger partial charge in [-0.25, -0.2) is 13.1 Å². The van der Waals surface area contributed by atoms with Crippen molar-refractivity contribution in [1.82, 2.24) is 19.8 Å². The summed E-state index contributed by atoms with van der Waals surface area (Å²) >= 11 is 0.